The second-order valence-electron chi connectivity index (χ2n) is 8.73. The van der Waals surface area contributed by atoms with Crippen molar-refractivity contribution in [3.63, 3.8) is 0 Å². The third-order valence-corrected chi connectivity index (χ3v) is 5.80. The molecule has 0 bridgehead atoms. The van der Waals surface area contributed by atoms with Crippen LogP contribution in [-0.2, 0) is 19.5 Å². The number of amides is 1. The summed E-state index contributed by atoms with van der Waals surface area (Å²) in [5.41, 5.74) is 3.45. The molecule has 0 spiro atoms. The number of rotatable bonds is 10. The fourth-order valence-corrected chi connectivity index (χ4v) is 3.97. The van der Waals surface area contributed by atoms with E-state index in [2.05, 4.69) is 40.5 Å². The van der Waals surface area contributed by atoms with Gasteiger partial charge in [-0.3, -0.25) is 14.5 Å². The molecule has 200 valence electrons. The minimum absolute atomic E-state index is 0.237. The number of benzene rings is 1. The Bertz CT molecular complexity index is 1570. The first kappa shape index (κ1) is 25.8. The average Bonchev–Trinajstić information content (AvgIpc) is 3.57. The Labute approximate surface area is 220 Å². The summed E-state index contributed by atoms with van der Waals surface area (Å²) in [7, 11) is 0. The number of hydrogen-bond acceptors (Lipinski definition) is 7. The van der Waals surface area contributed by atoms with Gasteiger partial charge in [0.25, 0.3) is 5.91 Å². The van der Waals surface area contributed by atoms with Gasteiger partial charge in [-0.25, -0.2) is 0 Å². The Morgan fingerprint density at radius 3 is 2.72 bits per heavy atom. The van der Waals surface area contributed by atoms with Crippen LogP contribution in [0.15, 0.2) is 67.0 Å². The van der Waals surface area contributed by atoms with E-state index in [1.54, 1.807) is 23.1 Å². The highest BCUT2D eigenvalue weighted by Gasteiger charge is 2.31. The summed E-state index contributed by atoms with van der Waals surface area (Å²) >= 11 is 0. The molecule has 0 saturated carbocycles. The molecular weight excluding hydrogens is 513 g/mol. The maximum absolute atomic E-state index is 12.6. The van der Waals surface area contributed by atoms with E-state index in [4.69, 9.17) is 0 Å². The minimum Gasteiger partial charge on any atom is -0.406 e. The molecule has 5 aromatic rings. The number of carbonyl (C=O) groups is 1. The van der Waals surface area contributed by atoms with Gasteiger partial charge in [-0.05, 0) is 55.7 Å². The molecule has 13 heteroatoms. The van der Waals surface area contributed by atoms with Crippen LogP contribution < -0.4 is 10.1 Å². The molecule has 4 heterocycles. The summed E-state index contributed by atoms with van der Waals surface area (Å²) in [4.78, 5) is 19.5. The number of unbranched alkanes of at least 4 members (excludes halogenated alkanes) is 1. The lowest BCUT2D eigenvalue weighted by molar-refractivity contribution is -0.274. The van der Waals surface area contributed by atoms with Gasteiger partial charge in [-0.15, -0.1) is 23.4 Å². The van der Waals surface area contributed by atoms with E-state index in [1.807, 2.05) is 30.3 Å². The molecule has 0 fully saturated rings. The number of aromatic amines is 1. The van der Waals surface area contributed by atoms with Crippen molar-refractivity contribution in [1.82, 2.24) is 40.5 Å². The van der Waals surface area contributed by atoms with Crippen LogP contribution in [0.5, 0.6) is 5.75 Å². The molecule has 0 aliphatic rings. The zero-order valence-corrected chi connectivity index (χ0v) is 20.5. The van der Waals surface area contributed by atoms with E-state index in [9.17, 15) is 18.0 Å². The Hall–Kier alpha value is -4.81. The van der Waals surface area contributed by atoms with Crippen LogP contribution in [0.25, 0.3) is 22.3 Å². The number of halogens is 3. The minimum atomic E-state index is -4.76. The van der Waals surface area contributed by atoms with Gasteiger partial charge >= 0.3 is 6.36 Å². The number of ether oxygens (including phenoxy) is 1. The summed E-state index contributed by atoms with van der Waals surface area (Å²) in [5.74, 6) is -0.615. The molecule has 0 radical (unpaired) electrons. The molecule has 0 unspecified atom stereocenters. The molecule has 1 amide bonds. The number of aromatic nitrogens is 7. The van der Waals surface area contributed by atoms with Crippen molar-refractivity contribution in [1.29, 1.82) is 0 Å². The van der Waals surface area contributed by atoms with Crippen LogP contribution >= 0.6 is 0 Å². The predicted octanol–water partition coefficient (Wildman–Crippen LogP) is 4.46. The van der Waals surface area contributed by atoms with Gasteiger partial charge in [0.05, 0.1) is 24.1 Å². The molecular formula is C26H23F3N8O2. The number of carbonyl (C=O) groups excluding carboxylic acids is 1. The zero-order chi connectivity index (χ0) is 27.2. The molecule has 1 aromatic carbocycles. The maximum Gasteiger partial charge on any atom is 0.573 e. The Balaban J connectivity index is 1.12. The van der Waals surface area contributed by atoms with E-state index in [1.165, 1.54) is 18.2 Å². The largest absolute Gasteiger partial charge is 0.573 e. The lowest BCUT2D eigenvalue weighted by atomic mass is 10.1. The molecule has 0 saturated heterocycles. The number of aryl methyl sites for hydroxylation is 2. The summed E-state index contributed by atoms with van der Waals surface area (Å²) in [6, 6.07) is 14.9. The molecule has 4 aromatic heterocycles. The Morgan fingerprint density at radius 2 is 1.90 bits per heavy atom. The summed E-state index contributed by atoms with van der Waals surface area (Å²) in [6.45, 7) is 0.889. The van der Waals surface area contributed by atoms with Crippen LogP contribution in [0.3, 0.4) is 0 Å². The quantitative estimate of drug-likeness (QED) is 0.253. The monoisotopic (exact) mass is 536 g/mol. The van der Waals surface area contributed by atoms with Crippen LogP contribution in [0.4, 0.5) is 13.2 Å². The molecule has 10 nitrogen and oxygen atoms in total. The molecule has 2 N–H and O–H groups in total. The van der Waals surface area contributed by atoms with E-state index in [-0.39, 0.29) is 17.4 Å². The van der Waals surface area contributed by atoms with E-state index in [0.717, 1.165) is 29.6 Å². The van der Waals surface area contributed by atoms with E-state index < -0.39 is 6.36 Å². The van der Waals surface area contributed by atoms with Gasteiger partial charge < -0.3 is 15.0 Å². The van der Waals surface area contributed by atoms with Crippen LogP contribution in [0.2, 0.25) is 0 Å². The van der Waals surface area contributed by atoms with E-state index >= 15 is 0 Å². The van der Waals surface area contributed by atoms with Gasteiger partial charge in [-0.1, -0.05) is 23.4 Å². The van der Waals surface area contributed by atoms with Crippen LogP contribution in [-0.4, -0.2) is 47.4 Å². The molecule has 0 atom stereocenters. The summed E-state index contributed by atoms with van der Waals surface area (Å²) in [6.07, 6.45) is 0.764. The molecule has 5 rings (SSSR count). The SMILES string of the molecule is O=C(NCc1ccccn1)c1cn(CCCCc2cc3cc(-c4cccc(OC(F)(F)F)c4)[nH]c3nn2)nn1. The first-order chi connectivity index (χ1) is 18.8. The number of fused-ring (bicyclic) bond motifs is 1. The highest BCUT2D eigenvalue weighted by atomic mass is 19.4. The lowest BCUT2D eigenvalue weighted by Gasteiger charge is -2.09. The van der Waals surface area contributed by atoms with Gasteiger partial charge in [-0.2, -0.15) is 5.10 Å². The van der Waals surface area contributed by atoms with Crippen molar-refractivity contribution in [3.05, 3.63) is 84.1 Å². The maximum atomic E-state index is 12.6. The van der Waals surface area contributed by atoms with Gasteiger partial charge in [0.2, 0.25) is 0 Å². The lowest BCUT2D eigenvalue weighted by Crippen LogP contribution is -2.23. The van der Waals surface area contributed by atoms with Crippen molar-refractivity contribution >= 4 is 16.9 Å². The topological polar surface area (TPSA) is 124 Å². The third-order valence-electron chi connectivity index (χ3n) is 5.80. The predicted molar refractivity (Wildman–Crippen MR) is 134 cm³/mol. The Kier molecular flexibility index (Phi) is 7.48. The van der Waals surface area contributed by atoms with Crippen LogP contribution in [0.1, 0.15) is 34.7 Å². The second-order valence-corrected chi connectivity index (χ2v) is 8.73. The number of alkyl halides is 3. The van der Waals surface area contributed by atoms with Gasteiger partial charge in [0, 0.05) is 29.4 Å². The summed E-state index contributed by atoms with van der Waals surface area (Å²) in [5, 5.41) is 20.0. The number of nitrogens with one attached hydrogen (secondary N) is 2. The van der Waals surface area contributed by atoms with Crippen molar-refractivity contribution in [2.24, 2.45) is 0 Å². The summed E-state index contributed by atoms with van der Waals surface area (Å²) < 4.78 is 43.3. The first-order valence-electron chi connectivity index (χ1n) is 12.1. The second kappa shape index (κ2) is 11.3. The van der Waals surface area contributed by atoms with Crippen LogP contribution in [0, 0.1) is 0 Å². The smallest absolute Gasteiger partial charge is 0.406 e. The standard InChI is InChI=1S/C26H23F3N8O2/c27-26(28,29)39-21-9-5-6-17(13-21)22-14-18-12-19(33-35-24(18)32-22)7-2-4-11-37-16-23(34-36-37)25(38)31-15-20-8-1-3-10-30-20/h1,3,5-6,8-10,12-14,16H,2,4,7,11,15H2,(H,31,38)(H,32,35). The fraction of sp³-hybridized carbons (Fsp3) is 0.231. The Morgan fingerprint density at radius 1 is 1.00 bits per heavy atom. The van der Waals surface area contributed by atoms with Gasteiger partial charge in [0.1, 0.15) is 5.75 Å². The highest BCUT2D eigenvalue weighted by molar-refractivity contribution is 5.91. The third kappa shape index (κ3) is 6.94. The van der Waals surface area contributed by atoms with E-state index in [0.29, 0.717) is 36.4 Å². The van der Waals surface area contributed by atoms with Crippen molar-refractivity contribution < 1.29 is 22.7 Å². The molecule has 39 heavy (non-hydrogen) atoms. The zero-order valence-electron chi connectivity index (χ0n) is 20.5. The molecule has 0 aliphatic heterocycles. The van der Waals surface area contributed by atoms with Gasteiger partial charge in [0.15, 0.2) is 11.3 Å². The number of H-pyrrole nitrogens is 1. The average molecular weight is 537 g/mol. The van der Waals surface area contributed by atoms with Crippen molar-refractivity contribution in [2.45, 2.75) is 38.7 Å². The van der Waals surface area contributed by atoms with Crippen molar-refractivity contribution in [3.8, 4) is 17.0 Å². The first-order valence-corrected chi connectivity index (χ1v) is 12.1. The molecule has 0 aliphatic carbocycles. The normalized spacial score (nSPS) is 11.6. The highest BCUT2D eigenvalue weighted by Crippen LogP contribution is 2.29. The van der Waals surface area contributed by atoms with Crippen molar-refractivity contribution in [2.75, 3.05) is 0 Å². The fourth-order valence-electron chi connectivity index (χ4n) is 3.97. The number of hydrogen-bond donors (Lipinski definition) is 2. The number of nitrogens with zero attached hydrogens (tertiary/aromatic N) is 6. The number of pyridine rings is 1.